The summed E-state index contributed by atoms with van der Waals surface area (Å²) in [5.41, 5.74) is 1.32. The molecule has 0 saturated carbocycles. The molecule has 0 aliphatic carbocycles. The van der Waals surface area contributed by atoms with E-state index in [1.165, 1.54) is 22.5 Å². The number of likely N-dealkylation sites (N-methyl/N-ethyl adjacent to an activating group) is 1. The molecule has 1 fully saturated rings. The molecule has 1 saturated heterocycles. The molecule has 1 amide bonds. The predicted molar refractivity (Wildman–Crippen MR) is 113 cm³/mol. The van der Waals surface area contributed by atoms with Crippen LogP contribution in [0, 0.1) is 0 Å². The highest BCUT2D eigenvalue weighted by molar-refractivity contribution is 7.89. The highest BCUT2D eigenvalue weighted by Crippen LogP contribution is 2.21. The van der Waals surface area contributed by atoms with Crippen LogP contribution in [0.1, 0.15) is 5.56 Å². The molecule has 3 rings (SSSR count). The number of ether oxygens (including phenoxy) is 1. The van der Waals surface area contributed by atoms with Crippen LogP contribution in [-0.4, -0.2) is 63.9 Å². The highest BCUT2D eigenvalue weighted by atomic mass is 32.2. The second-order valence-corrected chi connectivity index (χ2v) is 8.73. The number of methoxy groups -OCH3 is 1. The lowest BCUT2D eigenvalue weighted by molar-refractivity contribution is -0.111. The number of sulfonamides is 1. The van der Waals surface area contributed by atoms with Gasteiger partial charge in [0.15, 0.2) is 0 Å². The van der Waals surface area contributed by atoms with Gasteiger partial charge in [-0.15, -0.1) is 0 Å². The number of carbonyl (C=O) groups is 1. The minimum atomic E-state index is -3.52. The van der Waals surface area contributed by atoms with Crippen molar-refractivity contribution in [1.82, 2.24) is 9.21 Å². The monoisotopic (exact) mass is 415 g/mol. The van der Waals surface area contributed by atoms with Crippen molar-refractivity contribution in [3.63, 3.8) is 0 Å². The number of piperazine rings is 1. The average molecular weight is 416 g/mol. The largest absolute Gasteiger partial charge is 0.496 e. The Kier molecular flexibility index (Phi) is 6.68. The molecule has 154 valence electrons. The van der Waals surface area contributed by atoms with Crippen LogP contribution in [0.2, 0.25) is 0 Å². The molecule has 1 aliphatic rings. The summed E-state index contributed by atoms with van der Waals surface area (Å²) in [7, 11) is 0.0313. The molecule has 1 heterocycles. The number of anilines is 1. The van der Waals surface area contributed by atoms with Crippen LogP contribution in [-0.2, 0) is 14.8 Å². The number of para-hydroxylation sites is 1. The van der Waals surface area contributed by atoms with Crippen LogP contribution >= 0.6 is 0 Å². The van der Waals surface area contributed by atoms with E-state index in [9.17, 15) is 13.2 Å². The fraction of sp³-hybridized carbons (Fsp3) is 0.286. The van der Waals surface area contributed by atoms with Crippen molar-refractivity contribution in [2.24, 2.45) is 0 Å². The number of rotatable bonds is 6. The number of hydrogen-bond donors (Lipinski definition) is 1. The highest BCUT2D eigenvalue weighted by Gasteiger charge is 2.27. The molecule has 1 aliphatic heterocycles. The smallest absolute Gasteiger partial charge is 0.248 e. The Labute approximate surface area is 171 Å². The number of hydrogen-bond acceptors (Lipinski definition) is 5. The van der Waals surface area contributed by atoms with Crippen molar-refractivity contribution in [3.05, 3.63) is 60.2 Å². The third-order valence-electron chi connectivity index (χ3n) is 4.78. The summed E-state index contributed by atoms with van der Waals surface area (Å²) < 4.78 is 32.2. The quantitative estimate of drug-likeness (QED) is 0.733. The second-order valence-electron chi connectivity index (χ2n) is 6.80. The van der Waals surface area contributed by atoms with Gasteiger partial charge in [0, 0.05) is 43.5 Å². The maximum absolute atomic E-state index is 12.7. The maximum atomic E-state index is 12.7. The summed E-state index contributed by atoms with van der Waals surface area (Å²) in [6.45, 7) is 2.38. The van der Waals surface area contributed by atoms with Gasteiger partial charge >= 0.3 is 0 Å². The van der Waals surface area contributed by atoms with Crippen molar-refractivity contribution in [1.29, 1.82) is 0 Å². The second kappa shape index (κ2) is 9.21. The fourth-order valence-corrected chi connectivity index (χ4v) is 4.46. The Morgan fingerprint density at radius 2 is 1.69 bits per heavy atom. The molecule has 0 radical (unpaired) electrons. The Morgan fingerprint density at radius 1 is 1.03 bits per heavy atom. The van der Waals surface area contributed by atoms with E-state index in [0.717, 1.165) is 5.56 Å². The number of benzene rings is 2. The molecular formula is C21H25N3O4S. The van der Waals surface area contributed by atoms with Crippen LogP contribution in [0.25, 0.3) is 6.08 Å². The number of amides is 1. The average Bonchev–Trinajstić information content (AvgIpc) is 2.73. The lowest BCUT2D eigenvalue weighted by Gasteiger charge is -2.31. The van der Waals surface area contributed by atoms with Crippen molar-refractivity contribution >= 4 is 27.7 Å². The van der Waals surface area contributed by atoms with Gasteiger partial charge < -0.3 is 15.0 Å². The normalized spacial score (nSPS) is 16.1. The van der Waals surface area contributed by atoms with E-state index >= 15 is 0 Å². The summed E-state index contributed by atoms with van der Waals surface area (Å²) in [5, 5.41) is 2.73. The van der Waals surface area contributed by atoms with E-state index in [0.29, 0.717) is 37.6 Å². The summed E-state index contributed by atoms with van der Waals surface area (Å²) >= 11 is 0. The first-order valence-corrected chi connectivity index (χ1v) is 10.7. The molecule has 29 heavy (non-hydrogen) atoms. The number of carbonyl (C=O) groups excluding carboxylic acids is 1. The van der Waals surface area contributed by atoms with Crippen LogP contribution in [0.4, 0.5) is 5.69 Å². The molecule has 0 bridgehead atoms. The SMILES string of the molecule is COc1ccccc1/C=C/C(=O)Nc1ccc(S(=O)(=O)N2CCN(C)CC2)cc1. The predicted octanol–water partition coefficient (Wildman–Crippen LogP) is 2.28. The summed E-state index contributed by atoms with van der Waals surface area (Å²) in [5.74, 6) is 0.362. The van der Waals surface area contributed by atoms with E-state index in [4.69, 9.17) is 4.74 Å². The molecule has 0 aromatic heterocycles. The molecular weight excluding hydrogens is 390 g/mol. The third kappa shape index (κ3) is 5.23. The minimum Gasteiger partial charge on any atom is -0.496 e. The van der Waals surface area contributed by atoms with Crippen molar-refractivity contribution in [2.75, 3.05) is 45.7 Å². The molecule has 2 aromatic carbocycles. The Hall–Kier alpha value is -2.68. The number of nitrogens with zero attached hydrogens (tertiary/aromatic N) is 2. The standard InChI is InChI=1S/C21H25N3O4S/c1-23-13-15-24(16-14-23)29(26,27)19-10-8-18(9-11-19)22-21(25)12-7-17-5-3-4-6-20(17)28-2/h3-12H,13-16H2,1-2H3,(H,22,25)/b12-7+. The van der Waals surface area contributed by atoms with E-state index < -0.39 is 10.0 Å². The van der Waals surface area contributed by atoms with E-state index in [-0.39, 0.29) is 10.8 Å². The van der Waals surface area contributed by atoms with Gasteiger partial charge in [-0.1, -0.05) is 18.2 Å². The van der Waals surface area contributed by atoms with Gasteiger partial charge in [-0.2, -0.15) is 4.31 Å². The first kappa shape index (κ1) is 21.0. The molecule has 1 N–H and O–H groups in total. The first-order valence-electron chi connectivity index (χ1n) is 9.31. The van der Waals surface area contributed by atoms with Crippen LogP contribution in [0.5, 0.6) is 5.75 Å². The van der Waals surface area contributed by atoms with Crippen LogP contribution < -0.4 is 10.1 Å². The van der Waals surface area contributed by atoms with Crippen molar-refractivity contribution in [3.8, 4) is 5.75 Å². The minimum absolute atomic E-state index is 0.226. The molecule has 0 unspecified atom stereocenters. The topological polar surface area (TPSA) is 78.9 Å². The summed E-state index contributed by atoms with van der Waals surface area (Å²) in [4.78, 5) is 14.5. The van der Waals surface area contributed by atoms with Gasteiger partial charge in [0.1, 0.15) is 5.75 Å². The van der Waals surface area contributed by atoms with Gasteiger partial charge in [-0.25, -0.2) is 8.42 Å². The summed E-state index contributed by atoms with van der Waals surface area (Å²) in [6.07, 6.45) is 3.08. The van der Waals surface area contributed by atoms with E-state index in [1.807, 2.05) is 31.3 Å². The molecule has 2 aromatic rings. The zero-order valence-corrected chi connectivity index (χ0v) is 17.4. The Balaban J connectivity index is 1.64. The fourth-order valence-electron chi connectivity index (χ4n) is 3.04. The van der Waals surface area contributed by atoms with Crippen molar-refractivity contribution in [2.45, 2.75) is 4.90 Å². The zero-order valence-electron chi connectivity index (χ0n) is 16.5. The maximum Gasteiger partial charge on any atom is 0.248 e. The molecule has 8 heteroatoms. The third-order valence-corrected chi connectivity index (χ3v) is 6.69. The molecule has 0 atom stereocenters. The van der Waals surface area contributed by atoms with Gasteiger partial charge in [0.2, 0.25) is 15.9 Å². The summed E-state index contributed by atoms with van der Waals surface area (Å²) in [6, 6.07) is 13.6. The first-order chi connectivity index (χ1) is 13.9. The van der Waals surface area contributed by atoms with Gasteiger partial charge in [-0.05, 0) is 43.5 Å². The Morgan fingerprint density at radius 3 is 2.34 bits per heavy atom. The van der Waals surface area contributed by atoms with Crippen LogP contribution in [0.3, 0.4) is 0 Å². The van der Waals surface area contributed by atoms with Gasteiger partial charge in [-0.3, -0.25) is 4.79 Å². The Bertz CT molecular complexity index is 979. The van der Waals surface area contributed by atoms with Gasteiger partial charge in [0.25, 0.3) is 0 Å². The zero-order chi connectivity index (χ0) is 20.9. The molecule has 7 nitrogen and oxygen atoms in total. The lowest BCUT2D eigenvalue weighted by atomic mass is 10.2. The van der Waals surface area contributed by atoms with Crippen molar-refractivity contribution < 1.29 is 17.9 Å². The molecule has 0 spiro atoms. The number of nitrogens with one attached hydrogen (secondary N) is 1. The van der Waals surface area contributed by atoms with E-state index in [2.05, 4.69) is 10.2 Å². The lowest BCUT2D eigenvalue weighted by Crippen LogP contribution is -2.46. The van der Waals surface area contributed by atoms with Gasteiger partial charge in [0.05, 0.1) is 12.0 Å². The van der Waals surface area contributed by atoms with E-state index in [1.54, 1.807) is 25.3 Å². The van der Waals surface area contributed by atoms with Crippen LogP contribution in [0.15, 0.2) is 59.5 Å².